The molecule has 0 spiro atoms. The molecule has 0 fully saturated rings. The van der Waals surface area contributed by atoms with E-state index in [4.69, 9.17) is 0 Å². The predicted molar refractivity (Wildman–Crippen MR) is 61.0 cm³/mol. The van der Waals surface area contributed by atoms with Crippen LogP contribution in [0.2, 0.25) is 0 Å². The van der Waals surface area contributed by atoms with E-state index in [0.29, 0.717) is 5.41 Å². The average Bonchev–Trinajstić information content (AvgIpc) is 2.00. The van der Waals surface area contributed by atoms with Crippen molar-refractivity contribution < 1.29 is 0 Å². The van der Waals surface area contributed by atoms with Crippen LogP contribution in [-0.4, -0.2) is 13.1 Å². The van der Waals surface area contributed by atoms with Gasteiger partial charge < -0.3 is 5.32 Å². The third kappa shape index (κ3) is 9.88. The van der Waals surface area contributed by atoms with Gasteiger partial charge in [-0.3, -0.25) is 0 Å². The van der Waals surface area contributed by atoms with E-state index in [-0.39, 0.29) is 0 Å². The van der Waals surface area contributed by atoms with Gasteiger partial charge in [0.1, 0.15) is 0 Å². The SMILES string of the molecule is CCCNCC(C)CCC(C)(C)C. The van der Waals surface area contributed by atoms with Crippen molar-refractivity contribution in [2.75, 3.05) is 13.1 Å². The molecule has 0 rings (SSSR count). The van der Waals surface area contributed by atoms with Gasteiger partial charge in [-0.1, -0.05) is 34.6 Å². The first-order chi connectivity index (χ1) is 5.95. The van der Waals surface area contributed by atoms with Gasteiger partial charge in [0.25, 0.3) is 0 Å². The van der Waals surface area contributed by atoms with Gasteiger partial charge in [-0.05, 0) is 43.7 Å². The zero-order valence-electron chi connectivity index (χ0n) is 10.1. The standard InChI is InChI=1S/C12H27N/c1-6-9-13-10-11(2)7-8-12(3,4)5/h11,13H,6-10H2,1-5H3. The van der Waals surface area contributed by atoms with E-state index >= 15 is 0 Å². The molecular formula is C12H27N. The van der Waals surface area contributed by atoms with Gasteiger partial charge in [-0.25, -0.2) is 0 Å². The van der Waals surface area contributed by atoms with Gasteiger partial charge in [0.05, 0.1) is 0 Å². The topological polar surface area (TPSA) is 12.0 Å². The van der Waals surface area contributed by atoms with E-state index in [1.54, 1.807) is 0 Å². The number of rotatable bonds is 6. The van der Waals surface area contributed by atoms with Crippen molar-refractivity contribution in [3.05, 3.63) is 0 Å². The van der Waals surface area contributed by atoms with E-state index < -0.39 is 0 Å². The quantitative estimate of drug-likeness (QED) is 0.625. The molecule has 0 bridgehead atoms. The van der Waals surface area contributed by atoms with Crippen LogP contribution in [0.25, 0.3) is 0 Å². The van der Waals surface area contributed by atoms with Crippen LogP contribution in [0.3, 0.4) is 0 Å². The normalized spacial score (nSPS) is 14.5. The van der Waals surface area contributed by atoms with Gasteiger partial charge in [-0.2, -0.15) is 0 Å². The summed E-state index contributed by atoms with van der Waals surface area (Å²) in [5.74, 6) is 0.825. The second-order valence-electron chi connectivity index (χ2n) is 5.41. The maximum Gasteiger partial charge on any atom is -0.00232 e. The molecule has 0 aliphatic rings. The highest BCUT2D eigenvalue weighted by Crippen LogP contribution is 2.23. The third-order valence-corrected chi connectivity index (χ3v) is 2.31. The molecule has 1 unspecified atom stereocenters. The summed E-state index contributed by atoms with van der Waals surface area (Å²) in [6.45, 7) is 13.9. The summed E-state index contributed by atoms with van der Waals surface area (Å²) >= 11 is 0. The Hall–Kier alpha value is -0.0400. The fraction of sp³-hybridized carbons (Fsp3) is 1.00. The molecule has 0 amide bonds. The van der Waals surface area contributed by atoms with Crippen molar-refractivity contribution in [3.8, 4) is 0 Å². The van der Waals surface area contributed by atoms with Crippen molar-refractivity contribution >= 4 is 0 Å². The Kier molecular flexibility index (Phi) is 6.40. The molecule has 1 heteroatoms. The largest absolute Gasteiger partial charge is 0.316 e. The Morgan fingerprint density at radius 1 is 1.23 bits per heavy atom. The highest BCUT2D eigenvalue weighted by atomic mass is 14.8. The lowest BCUT2D eigenvalue weighted by atomic mass is 9.87. The first-order valence-electron chi connectivity index (χ1n) is 5.66. The Balaban J connectivity index is 3.35. The van der Waals surface area contributed by atoms with Gasteiger partial charge in [0.2, 0.25) is 0 Å². The van der Waals surface area contributed by atoms with Crippen LogP contribution in [0.5, 0.6) is 0 Å². The van der Waals surface area contributed by atoms with Crippen molar-refractivity contribution in [2.45, 2.75) is 53.9 Å². The molecule has 0 aliphatic carbocycles. The highest BCUT2D eigenvalue weighted by molar-refractivity contribution is 4.65. The predicted octanol–water partition coefficient (Wildman–Crippen LogP) is 3.45. The molecule has 0 aliphatic heterocycles. The summed E-state index contributed by atoms with van der Waals surface area (Å²) in [5.41, 5.74) is 0.499. The first-order valence-corrected chi connectivity index (χ1v) is 5.66. The molecule has 1 nitrogen and oxygen atoms in total. The zero-order valence-corrected chi connectivity index (χ0v) is 10.1. The van der Waals surface area contributed by atoms with Crippen LogP contribution in [-0.2, 0) is 0 Å². The molecule has 1 atom stereocenters. The first kappa shape index (κ1) is 13.0. The summed E-state index contributed by atoms with van der Waals surface area (Å²) < 4.78 is 0. The molecule has 0 aromatic heterocycles. The lowest BCUT2D eigenvalue weighted by Gasteiger charge is -2.21. The van der Waals surface area contributed by atoms with Crippen LogP contribution in [0.4, 0.5) is 0 Å². The lowest BCUT2D eigenvalue weighted by Crippen LogP contribution is -2.22. The summed E-state index contributed by atoms with van der Waals surface area (Å²) in [4.78, 5) is 0. The molecular weight excluding hydrogens is 158 g/mol. The van der Waals surface area contributed by atoms with E-state index in [0.717, 1.165) is 5.92 Å². The minimum atomic E-state index is 0.499. The van der Waals surface area contributed by atoms with Crippen LogP contribution in [0, 0.1) is 11.3 Å². The maximum absolute atomic E-state index is 3.47. The van der Waals surface area contributed by atoms with Gasteiger partial charge in [0.15, 0.2) is 0 Å². The Labute approximate surface area is 84.3 Å². The van der Waals surface area contributed by atoms with Gasteiger partial charge >= 0.3 is 0 Å². The molecule has 0 heterocycles. The summed E-state index contributed by atoms with van der Waals surface area (Å²) in [6.07, 6.45) is 3.92. The van der Waals surface area contributed by atoms with Crippen molar-refractivity contribution in [2.24, 2.45) is 11.3 Å². The molecule has 0 saturated heterocycles. The lowest BCUT2D eigenvalue weighted by molar-refractivity contribution is 0.325. The molecule has 1 N–H and O–H groups in total. The minimum Gasteiger partial charge on any atom is -0.316 e. The van der Waals surface area contributed by atoms with Crippen LogP contribution >= 0.6 is 0 Å². The van der Waals surface area contributed by atoms with E-state index in [1.165, 1.54) is 32.4 Å². The molecule has 0 aromatic carbocycles. The van der Waals surface area contributed by atoms with E-state index in [9.17, 15) is 0 Å². The summed E-state index contributed by atoms with van der Waals surface area (Å²) in [5, 5.41) is 3.47. The summed E-state index contributed by atoms with van der Waals surface area (Å²) in [6, 6.07) is 0. The van der Waals surface area contributed by atoms with Gasteiger partial charge in [-0.15, -0.1) is 0 Å². The fourth-order valence-electron chi connectivity index (χ4n) is 1.31. The highest BCUT2D eigenvalue weighted by Gasteiger charge is 2.11. The molecule has 0 saturated carbocycles. The average molecular weight is 185 g/mol. The summed E-state index contributed by atoms with van der Waals surface area (Å²) in [7, 11) is 0. The Bertz CT molecular complexity index is 113. The second kappa shape index (κ2) is 6.42. The Morgan fingerprint density at radius 2 is 1.85 bits per heavy atom. The van der Waals surface area contributed by atoms with Crippen molar-refractivity contribution in [3.63, 3.8) is 0 Å². The van der Waals surface area contributed by atoms with E-state index in [2.05, 4.69) is 39.9 Å². The minimum absolute atomic E-state index is 0.499. The monoisotopic (exact) mass is 185 g/mol. The number of hydrogen-bond donors (Lipinski definition) is 1. The number of hydrogen-bond acceptors (Lipinski definition) is 1. The second-order valence-corrected chi connectivity index (χ2v) is 5.41. The third-order valence-electron chi connectivity index (χ3n) is 2.31. The van der Waals surface area contributed by atoms with Crippen LogP contribution in [0.1, 0.15) is 53.9 Å². The maximum atomic E-state index is 3.47. The smallest absolute Gasteiger partial charge is 0.00232 e. The van der Waals surface area contributed by atoms with Crippen LogP contribution in [0.15, 0.2) is 0 Å². The molecule has 0 aromatic rings. The van der Waals surface area contributed by atoms with Crippen LogP contribution < -0.4 is 5.32 Å². The molecule has 13 heavy (non-hydrogen) atoms. The number of nitrogens with one attached hydrogen (secondary N) is 1. The fourth-order valence-corrected chi connectivity index (χ4v) is 1.31. The molecule has 80 valence electrons. The molecule has 0 radical (unpaired) electrons. The zero-order chi connectivity index (χ0) is 10.3. The van der Waals surface area contributed by atoms with E-state index in [1.807, 2.05) is 0 Å². The van der Waals surface area contributed by atoms with Gasteiger partial charge in [0, 0.05) is 0 Å². The Morgan fingerprint density at radius 3 is 2.31 bits per heavy atom. The van der Waals surface area contributed by atoms with Crippen molar-refractivity contribution in [1.82, 2.24) is 5.32 Å². The van der Waals surface area contributed by atoms with Crippen molar-refractivity contribution in [1.29, 1.82) is 0 Å².